The summed E-state index contributed by atoms with van der Waals surface area (Å²) in [4.78, 5) is 18.4. The minimum absolute atomic E-state index is 0.227. The first kappa shape index (κ1) is 14.4. The molecule has 2 heterocycles. The van der Waals surface area contributed by atoms with Crippen LogP contribution in [0.1, 0.15) is 27.6 Å². The normalized spacial score (nSPS) is 18.0. The maximum atomic E-state index is 11.6. The van der Waals surface area contributed by atoms with E-state index in [0.717, 1.165) is 24.6 Å². The monoisotopic (exact) mass is 322 g/mol. The van der Waals surface area contributed by atoms with E-state index in [1.54, 1.807) is 0 Å². The van der Waals surface area contributed by atoms with Crippen LogP contribution in [0, 0.1) is 0 Å². The number of anilines is 1. The van der Waals surface area contributed by atoms with Gasteiger partial charge in [-0.3, -0.25) is 0 Å². The molecule has 6 heteroatoms. The molecule has 3 rings (SSSR count). The molecule has 0 saturated carbocycles. The van der Waals surface area contributed by atoms with Gasteiger partial charge in [-0.25, -0.2) is 9.78 Å². The molecule has 1 atom stereocenters. The number of halogens is 1. The second-order valence-corrected chi connectivity index (χ2v) is 6.29. The van der Waals surface area contributed by atoms with E-state index in [-0.39, 0.29) is 5.15 Å². The maximum Gasteiger partial charge on any atom is 0.351 e. The Kier molecular flexibility index (Phi) is 4.12. The smallest absolute Gasteiger partial charge is 0.351 e. The lowest BCUT2D eigenvalue weighted by atomic mass is 9.99. The summed E-state index contributed by atoms with van der Waals surface area (Å²) in [6.45, 7) is 1.82. The van der Waals surface area contributed by atoms with Crippen molar-refractivity contribution in [2.24, 2.45) is 0 Å². The Bertz CT molecular complexity index is 644. The highest BCUT2D eigenvalue weighted by molar-refractivity contribution is 7.18. The first-order valence-corrected chi connectivity index (χ1v) is 7.93. The van der Waals surface area contributed by atoms with Gasteiger partial charge in [-0.2, -0.15) is 0 Å². The lowest BCUT2D eigenvalue weighted by Gasteiger charge is -2.14. The SMILES string of the molecule is COC(=O)c1sc(N2CCC(c3ccccc3)C2)nc1Cl. The van der Waals surface area contributed by atoms with E-state index in [1.165, 1.54) is 24.0 Å². The van der Waals surface area contributed by atoms with Crippen molar-refractivity contribution in [3.8, 4) is 0 Å². The predicted octanol–water partition coefficient (Wildman–Crippen LogP) is 3.58. The number of hydrogen-bond acceptors (Lipinski definition) is 5. The largest absolute Gasteiger partial charge is 0.465 e. The maximum absolute atomic E-state index is 11.6. The van der Waals surface area contributed by atoms with Crippen LogP contribution in [0.5, 0.6) is 0 Å². The van der Waals surface area contributed by atoms with Gasteiger partial charge < -0.3 is 9.64 Å². The van der Waals surface area contributed by atoms with Crippen LogP contribution in [0.15, 0.2) is 30.3 Å². The topological polar surface area (TPSA) is 42.4 Å². The number of hydrogen-bond donors (Lipinski definition) is 0. The molecule has 1 aromatic heterocycles. The lowest BCUT2D eigenvalue weighted by molar-refractivity contribution is 0.0606. The molecule has 1 aliphatic rings. The van der Waals surface area contributed by atoms with Gasteiger partial charge in [0.25, 0.3) is 0 Å². The average molecular weight is 323 g/mol. The Balaban J connectivity index is 1.76. The van der Waals surface area contributed by atoms with E-state index in [0.29, 0.717) is 10.8 Å². The summed E-state index contributed by atoms with van der Waals surface area (Å²) in [7, 11) is 1.35. The molecule has 0 radical (unpaired) electrons. The van der Waals surface area contributed by atoms with Crippen molar-refractivity contribution < 1.29 is 9.53 Å². The minimum atomic E-state index is -0.428. The van der Waals surface area contributed by atoms with Gasteiger partial charge in [0.15, 0.2) is 15.2 Å². The van der Waals surface area contributed by atoms with Gasteiger partial charge in [-0.15, -0.1) is 0 Å². The second kappa shape index (κ2) is 6.03. The quantitative estimate of drug-likeness (QED) is 0.810. The highest BCUT2D eigenvalue weighted by atomic mass is 35.5. The zero-order valence-electron chi connectivity index (χ0n) is 11.6. The third kappa shape index (κ3) is 2.89. The molecule has 1 aromatic carbocycles. The fraction of sp³-hybridized carbons (Fsp3) is 0.333. The van der Waals surface area contributed by atoms with Crippen molar-refractivity contribution in [2.75, 3.05) is 25.1 Å². The summed E-state index contributed by atoms with van der Waals surface area (Å²) in [5.41, 5.74) is 1.34. The minimum Gasteiger partial charge on any atom is -0.465 e. The van der Waals surface area contributed by atoms with Gasteiger partial charge in [0.1, 0.15) is 0 Å². The number of ether oxygens (including phenoxy) is 1. The van der Waals surface area contributed by atoms with Crippen molar-refractivity contribution in [1.82, 2.24) is 4.98 Å². The van der Waals surface area contributed by atoms with Gasteiger partial charge in [-0.05, 0) is 12.0 Å². The van der Waals surface area contributed by atoms with Crippen LogP contribution < -0.4 is 4.90 Å². The number of benzene rings is 1. The molecule has 1 saturated heterocycles. The van der Waals surface area contributed by atoms with E-state index < -0.39 is 5.97 Å². The van der Waals surface area contributed by atoms with Gasteiger partial charge in [0.05, 0.1) is 7.11 Å². The summed E-state index contributed by atoms with van der Waals surface area (Å²) in [5.74, 6) is 0.0676. The summed E-state index contributed by atoms with van der Waals surface area (Å²) in [5, 5.41) is 1.02. The summed E-state index contributed by atoms with van der Waals surface area (Å²) in [6, 6.07) is 10.5. The van der Waals surface area contributed by atoms with E-state index in [1.807, 2.05) is 6.07 Å². The first-order chi connectivity index (χ1) is 10.2. The molecule has 2 aromatic rings. The highest BCUT2D eigenvalue weighted by Gasteiger charge is 2.28. The highest BCUT2D eigenvalue weighted by Crippen LogP contribution is 2.35. The van der Waals surface area contributed by atoms with Gasteiger partial charge >= 0.3 is 5.97 Å². The lowest BCUT2D eigenvalue weighted by Crippen LogP contribution is -2.18. The molecular formula is C15H15ClN2O2S. The van der Waals surface area contributed by atoms with Crippen molar-refractivity contribution in [1.29, 1.82) is 0 Å². The number of esters is 1. The number of carbonyl (C=O) groups is 1. The number of nitrogens with zero attached hydrogens (tertiary/aromatic N) is 2. The van der Waals surface area contributed by atoms with Crippen LogP contribution in [0.25, 0.3) is 0 Å². The van der Waals surface area contributed by atoms with Crippen molar-refractivity contribution in [3.05, 3.63) is 45.9 Å². The molecule has 0 spiro atoms. The van der Waals surface area contributed by atoms with E-state index >= 15 is 0 Å². The van der Waals surface area contributed by atoms with E-state index in [9.17, 15) is 4.79 Å². The Morgan fingerprint density at radius 3 is 2.90 bits per heavy atom. The fourth-order valence-electron chi connectivity index (χ4n) is 2.58. The van der Waals surface area contributed by atoms with Crippen LogP contribution in [-0.4, -0.2) is 31.2 Å². The molecule has 1 unspecified atom stereocenters. The van der Waals surface area contributed by atoms with Gasteiger partial charge in [-0.1, -0.05) is 53.3 Å². The molecule has 4 nitrogen and oxygen atoms in total. The third-order valence-electron chi connectivity index (χ3n) is 3.68. The Morgan fingerprint density at radius 2 is 2.19 bits per heavy atom. The standard InChI is InChI=1S/C15H15ClN2O2S/c1-20-14(19)12-13(16)17-15(21-12)18-8-7-11(9-18)10-5-3-2-4-6-10/h2-6,11H,7-9H2,1H3. The van der Waals surface area contributed by atoms with Crippen molar-refractivity contribution in [3.63, 3.8) is 0 Å². The zero-order chi connectivity index (χ0) is 14.8. The molecule has 1 aliphatic heterocycles. The van der Waals surface area contributed by atoms with Crippen molar-refractivity contribution >= 4 is 34.0 Å². The van der Waals surface area contributed by atoms with E-state index in [2.05, 4.69) is 34.1 Å². The number of thiazole rings is 1. The number of rotatable bonds is 3. The molecule has 110 valence electrons. The second-order valence-electron chi connectivity index (χ2n) is 4.95. The van der Waals surface area contributed by atoms with Crippen LogP contribution in [0.3, 0.4) is 0 Å². The van der Waals surface area contributed by atoms with Crippen LogP contribution in [0.4, 0.5) is 5.13 Å². The molecule has 1 fully saturated rings. The van der Waals surface area contributed by atoms with Gasteiger partial charge in [0, 0.05) is 19.0 Å². The van der Waals surface area contributed by atoms with Crippen molar-refractivity contribution in [2.45, 2.75) is 12.3 Å². The van der Waals surface area contributed by atoms with Crippen LogP contribution >= 0.6 is 22.9 Å². The van der Waals surface area contributed by atoms with E-state index in [4.69, 9.17) is 16.3 Å². The predicted molar refractivity (Wildman–Crippen MR) is 84.5 cm³/mol. The molecule has 0 aliphatic carbocycles. The Morgan fingerprint density at radius 1 is 1.43 bits per heavy atom. The Labute approximate surface area is 132 Å². The van der Waals surface area contributed by atoms with Crippen LogP contribution in [-0.2, 0) is 4.74 Å². The molecular weight excluding hydrogens is 308 g/mol. The average Bonchev–Trinajstić information content (AvgIpc) is 3.14. The molecule has 0 N–H and O–H groups in total. The summed E-state index contributed by atoms with van der Waals surface area (Å²) in [6.07, 6.45) is 1.08. The number of methoxy groups -OCH3 is 1. The molecule has 0 amide bonds. The van der Waals surface area contributed by atoms with Crippen LogP contribution in [0.2, 0.25) is 5.15 Å². The van der Waals surface area contributed by atoms with Gasteiger partial charge in [0.2, 0.25) is 0 Å². The molecule has 0 bridgehead atoms. The Hall–Kier alpha value is -1.59. The number of carbonyl (C=O) groups excluding carboxylic acids is 1. The summed E-state index contributed by atoms with van der Waals surface area (Å²) < 4.78 is 4.71. The summed E-state index contributed by atoms with van der Waals surface area (Å²) >= 11 is 7.32. The zero-order valence-corrected chi connectivity index (χ0v) is 13.2. The first-order valence-electron chi connectivity index (χ1n) is 6.73. The number of aromatic nitrogens is 1. The fourth-order valence-corrected chi connectivity index (χ4v) is 3.81. The third-order valence-corrected chi connectivity index (χ3v) is 5.16. The molecule has 21 heavy (non-hydrogen) atoms.